The first kappa shape index (κ1) is 52.0. The number of phosphoric acid groups is 1. The first-order valence-corrected chi connectivity index (χ1v) is 23.5. The molecular formula is C45H81O8P. The van der Waals surface area contributed by atoms with Crippen LogP contribution >= 0.6 is 7.82 Å². The molecule has 0 heterocycles. The minimum Gasteiger partial charge on any atom is -0.462 e. The fourth-order valence-electron chi connectivity index (χ4n) is 6.02. The molecule has 0 unspecified atom stereocenters. The summed E-state index contributed by atoms with van der Waals surface area (Å²) in [4.78, 5) is 42.9. The molecule has 9 heteroatoms. The number of allylic oxidation sites excluding steroid dienone is 8. The summed E-state index contributed by atoms with van der Waals surface area (Å²) in [7, 11) is -4.76. The van der Waals surface area contributed by atoms with Crippen molar-refractivity contribution in [1.29, 1.82) is 0 Å². The van der Waals surface area contributed by atoms with Crippen LogP contribution in [0, 0.1) is 0 Å². The summed E-state index contributed by atoms with van der Waals surface area (Å²) in [6.45, 7) is 3.64. The summed E-state index contributed by atoms with van der Waals surface area (Å²) in [6.07, 6.45) is 49.7. The van der Waals surface area contributed by atoms with Gasteiger partial charge in [0.25, 0.3) is 0 Å². The molecule has 0 bridgehead atoms. The van der Waals surface area contributed by atoms with Crippen molar-refractivity contribution in [2.45, 2.75) is 213 Å². The zero-order valence-electron chi connectivity index (χ0n) is 34.6. The number of carbonyl (C=O) groups is 2. The van der Waals surface area contributed by atoms with E-state index >= 15 is 0 Å². The van der Waals surface area contributed by atoms with Crippen LogP contribution in [0.3, 0.4) is 0 Å². The zero-order chi connectivity index (χ0) is 39.6. The Hall–Kier alpha value is -1.99. The number of esters is 2. The van der Waals surface area contributed by atoms with Gasteiger partial charge >= 0.3 is 19.8 Å². The molecule has 54 heavy (non-hydrogen) atoms. The molecule has 0 aromatic rings. The summed E-state index contributed by atoms with van der Waals surface area (Å²) in [5.74, 6) is -0.896. The first-order chi connectivity index (χ1) is 26.3. The largest absolute Gasteiger partial charge is 0.469 e. The molecule has 0 aromatic carbocycles. The SMILES string of the molecule is CCCCC/C=C/C/C=C/CCCCCCCCCCCC(=O)OC[C@H](COP(=O)(O)O)OC(=O)CCCCCCCCC/C=C/C/C=C/CCCCC. The van der Waals surface area contributed by atoms with Crippen LogP contribution in [0.15, 0.2) is 48.6 Å². The lowest BCUT2D eigenvalue weighted by atomic mass is 10.1. The van der Waals surface area contributed by atoms with Crippen LogP contribution in [0.4, 0.5) is 0 Å². The Morgan fingerprint density at radius 1 is 0.481 bits per heavy atom. The standard InChI is InChI=1S/C45H81O8P/c1-3-5-7-9-11-13-15-17-19-21-22-24-25-27-29-31-33-35-37-39-44(46)51-41-43(42-52-54(48,49)50)53-45(47)40-38-36-34-32-30-28-26-23-20-18-16-14-12-10-8-6-4-2/h11-14,17-20,43H,3-10,15-16,21-42H2,1-2H3,(H2,48,49,50)/b13-11+,14-12+,19-17+,20-18+/t43-/m1/s1. The third-order valence-corrected chi connectivity index (χ3v) is 9.81. The van der Waals surface area contributed by atoms with Crippen molar-refractivity contribution in [1.82, 2.24) is 0 Å². The smallest absolute Gasteiger partial charge is 0.462 e. The molecule has 0 amide bonds. The second-order valence-electron chi connectivity index (χ2n) is 14.7. The van der Waals surface area contributed by atoms with Crippen molar-refractivity contribution < 1.29 is 37.9 Å². The van der Waals surface area contributed by atoms with Gasteiger partial charge in [-0.25, -0.2) is 4.57 Å². The monoisotopic (exact) mass is 781 g/mol. The summed E-state index contributed by atoms with van der Waals surface area (Å²) in [6, 6.07) is 0. The predicted octanol–water partition coefficient (Wildman–Crippen LogP) is 13.5. The number of unbranched alkanes of at least 4 members (excludes halogenated alkanes) is 22. The zero-order valence-corrected chi connectivity index (χ0v) is 35.5. The van der Waals surface area contributed by atoms with Crippen molar-refractivity contribution in [3.05, 3.63) is 48.6 Å². The highest BCUT2D eigenvalue weighted by molar-refractivity contribution is 7.46. The summed E-state index contributed by atoms with van der Waals surface area (Å²) >= 11 is 0. The second-order valence-corrected chi connectivity index (χ2v) is 15.9. The number of hydrogen-bond donors (Lipinski definition) is 2. The Kier molecular flexibility index (Phi) is 39.2. The van der Waals surface area contributed by atoms with Gasteiger partial charge in [0.05, 0.1) is 6.61 Å². The van der Waals surface area contributed by atoms with Crippen molar-refractivity contribution in [3.8, 4) is 0 Å². The van der Waals surface area contributed by atoms with E-state index in [4.69, 9.17) is 19.3 Å². The quantitative estimate of drug-likeness (QED) is 0.0273. The van der Waals surface area contributed by atoms with Crippen LogP contribution in [0.5, 0.6) is 0 Å². The van der Waals surface area contributed by atoms with E-state index in [2.05, 4.69) is 67.0 Å². The predicted molar refractivity (Wildman–Crippen MR) is 225 cm³/mol. The second kappa shape index (κ2) is 40.7. The Labute approximate surface area is 331 Å². The summed E-state index contributed by atoms with van der Waals surface area (Å²) in [5, 5.41) is 0. The molecule has 8 nitrogen and oxygen atoms in total. The van der Waals surface area contributed by atoms with Crippen molar-refractivity contribution >= 4 is 19.8 Å². The molecule has 0 aromatic heterocycles. The molecule has 0 saturated heterocycles. The van der Waals surface area contributed by atoms with Crippen molar-refractivity contribution in [2.75, 3.05) is 13.2 Å². The summed E-state index contributed by atoms with van der Waals surface area (Å²) in [5.41, 5.74) is 0. The summed E-state index contributed by atoms with van der Waals surface area (Å²) < 4.78 is 26.4. The van der Waals surface area contributed by atoms with Crippen LogP contribution < -0.4 is 0 Å². The van der Waals surface area contributed by atoms with E-state index in [9.17, 15) is 14.2 Å². The van der Waals surface area contributed by atoms with Crippen molar-refractivity contribution in [2.24, 2.45) is 0 Å². The maximum Gasteiger partial charge on any atom is 0.469 e. The lowest BCUT2D eigenvalue weighted by Crippen LogP contribution is -2.29. The average molecular weight is 781 g/mol. The Balaban J connectivity index is 3.91. The van der Waals surface area contributed by atoms with Crippen molar-refractivity contribution in [3.63, 3.8) is 0 Å². The normalized spacial score (nSPS) is 12.9. The highest BCUT2D eigenvalue weighted by Crippen LogP contribution is 2.36. The van der Waals surface area contributed by atoms with Crippen LogP contribution in [0.1, 0.15) is 206 Å². The van der Waals surface area contributed by atoms with Gasteiger partial charge in [-0.15, -0.1) is 0 Å². The van der Waals surface area contributed by atoms with E-state index in [-0.39, 0.29) is 19.4 Å². The van der Waals surface area contributed by atoms with Gasteiger partial charge in [-0.2, -0.15) is 0 Å². The number of rotatable bonds is 40. The van der Waals surface area contributed by atoms with Crippen LogP contribution in [0.25, 0.3) is 0 Å². The lowest BCUT2D eigenvalue weighted by molar-refractivity contribution is -0.161. The van der Waals surface area contributed by atoms with Gasteiger partial charge in [0.15, 0.2) is 6.10 Å². The van der Waals surface area contributed by atoms with E-state index < -0.39 is 32.5 Å². The highest BCUT2D eigenvalue weighted by Gasteiger charge is 2.22. The van der Waals surface area contributed by atoms with Gasteiger partial charge in [0.1, 0.15) is 6.61 Å². The van der Waals surface area contributed by atoms with E-state index in [0.717, 1.165) is 70.6 Å². The Morgan fingerprint density at radius 2 is 0.833 bits per heavy atom. The molecule has 0 fully saturated rings. The van der Waals surface area contributed by atoms with Crippen LogP contribution in [0.2, 0.25) is 0 Å². The Morgan fingerprint density at radius 3 is 1.22 bits per heavy atom. The van der Waals surface area contributed by atoms with Gasteiger partial charge in [-0.3, -0.25) is 14.1 Å². The van der Waals surface area contributed by atoms with E-state index in [1.807, 2.05) is 0 Å². The maximum atomic E-state index is 12.4. The number of carbonyl (C=O) groups excluding carboxylic acids is 2. The van der Waals surface area contributed by atoms with Gasteiger partial charge in [-0.1, -0.05) is 165 Å². The Bertz CT molecular complexity index is 1020. The molecule has 1 atom stereocenters. The topological polar surface area (TPSA) is 119 Å². The number of phosphoric ester groups is 1. The molecule has 0 aliphatic rings. The fourth-order valence-corrected chi connectivity index (χ4v) is 6.38. The molecule has 0 saturated carbocycles. The van der Waals surface area contributed by atoms with Crippen LogP contribution in [-0.4, -0.2) is 41.0 Å². The van der Waals surface area contributed by atoms with Gasteiger partial charge in [-0.05, 0) is 77.0 Å². The van der Waals surface area contributed by atoms with Gasteiger partial charge in [0.2, 0.25) is 0 Å². The molecular weight excluding hydrogens is 699 g/mol. The van der Waals surface area contributed by atoms with E-state index in [1.165, 1.54) is 103 Å². The molecule has 0 aliphatic carbocycles. The molecule has 0 radical (unpaired) electrons. The highest BCUT2D eigenvalue weighted by atomic mass is 31.2. The third-order valence-electron chi connectivity index (χ3n) is 9.32. The first-order valence-electron chi connectivity index (χ1n) is 21.9. The van der Waals surface area contributed by atoms with Gasteiger partial charge in [0, 0.05) is 12.8 Å². The van der Waals surface area contributed by atoms with E-state index in [0.29, 0.717) is 6.42 Å². The molecule has 0 spiro atoms. The number of ether oxygens (including phenoxy) is 2. The van der Waals surface area contributed by atoms with E-state index in [1.54, 1.807) is 0 Å². The molecule has 0 aliphatic heterocycles. The molecule has 0 rings (SSSR count). The minimum absolute atomic E-state index is 0.201. The minimum atomic E-state index is -4.76. The molecule has 2 N–H and O–H groups in total. The van der Waals surface area contributed by atoms with Crippen LogP contribution in [-0.2, 0) is 28.2 Å². The maximum absolute atomic E-state index is 12.4. The lowest BCUT2D eigenvalue weighted by Gasteiger charge is -2.18. The molecule has 314 valence electrons. The van der Waals surface area contributed by atoms with Gasteiger partial charge < -0.3 is 19.3 Å². The third kappa shape index (κ3) is 42.7. The average Bonchev–Trinajstić information content (AvgIpc) is 3.14. The number of hydrogen-bond acceptors (Lipinski definition) is 6. The fraction of sp³-hybridized carbons (Fsp3) is 0.778.